The molecule has 6 atom stereocenters. The summed E-state index contributed by atoms with van der Waals surface area (Å²) >= 11 is 1.71. The maximum Gasteiger partial charge on any atom is 0.225 e. The zero-order valence-electron chi connectivity index (χ0n) is 14.2. The lowest BCUT2D eigenvalue weighted by Gasteiger charge is -2.57. The number of hydrogen-bond acceptors (Lipinski definition) is 5. The van der Waals surface area contributed by atoms with Crippen molar-refractivity contribution in [2.45, 2.75) is 36.4 Å². The van der Waals surface area contributed by atoms with E-state index in [0.29, 0.717) is 0 Å². The van der Waals surface area contributed by atoms with Gasteiger partial charge < -0.3 is 19.9 Å². The van der Waals surface area contributed by atoms with Crippen molar-refractivity contribution in [3.05, 3.63) is 45.3 Å². The van der Waals surface area contributed by atoms with Crippen molar-refractivity contribution in [1.29, 1.82) is 0 Å². The lowest BCUT2D eigenvalue weighted by Crippen LogP contribution is -3.21. The van der Waals surface area contributed by atoms with Crippen LogP contribution in [0.2, 0.25) is 0 Å². The molecule has 26 heavy (non-hydrogen) atoms. The van der Waals surface area contributed by atoms with Gasteiger partial charge in [0.1, 0.15) is 12.1 Å². The fourth-order valence-corrected chi connectivity index (χ4v) is 8.14. The van der Waals surface area contributed by atoms with Crippen LogP contribution >= 0.6 is 11.8 Å². The Bertz CT molecular complexity index is 1010. The standard InChI is InChI=1S/C19H17N3O3S/c1-25-18-15-8(23)4-9-19(18)5-10(26-9)21-14-12(19)16-11-7(2-3-22(15)16)6-20-13(11)17(14)24/h4,6,10,15-16,18,20-21H,2-3,5H2,1H3/p+1. The Labute approximate surface area is 154 Å². The average molecular weight is 368 g/mol. The maximum absolute atomic E-state index is 13.3. The summed E-state index contributed by atoms with van der Waals surface area (Å²) < 4.78 is 6.03. The number of allylic oxidation sites excluding steroid dienone is 1. The van der Waals surface area contributed by atoms with Crippen LogP contribution in [0.3, 0.4) is 0 Å². The first-order valence-corrected chi connectivity index (χ1v) is 10.1. The fourth-order valence-electron chi connectivity index (χ4n) is 6.61. The summed E-state index contributed by atoms with van der Waals surface area (Å²) in [6, 6.07) is -0.0933. The van der Waals surface area contributed by atoms with E-state index in [2.05, 4.69) is 10.3 Å². The van der Waals surface area contributed by atoms with Crippen LogP contribution in [0.1, 0.15) is 34.1 Å². The van der Waals surface area contributed by atoms with Gasteiger partial charge in [0.25, 0.3) is 0 Å². The van der Waals surface area contributed by atoms with Crippen LogP contribution in [0.15, 0.2) is 28.4 Å². The quantitative estimate of drug-likeness (QED) is 0.644. The Morgan fingerprint density at radius 1 is 1.38 bits per heavy atom. The number of rotatable bonds is 1. The molecule has 0 saturated carbocycles. The summed E-state index contributed by atoms with van der Waals surface area (Å²) in [5.41, 5.74) is 4.75. The molecule has 1 aromatic rings. The largest absolute Gasteiger partial charge is 0.373 e. The Morgan fingerprint density at radius 2 is 2.27 bits per heavy atom. The van der Waals surface area contributed by atoms with E-state index in [4.69, 9.17) is 4.74 Å². The van der Waals surface area contributed by atoms with Crippen molar-refractivity contribution in [2.24, 2.45) is 5.41 Å². The maximum atomic E-state index is 13.3. The Balaban J connectivity index is 1.64. The van der Waals surface area contributed by atoms with Gasteiger partial charge in [0.05, 0.1) is 28.7 Å². The summed E-state index contributed by atoms with van der Waals surface area (Å²) in [6.45, 7) is 0.895. The van der Waals surface area contributed by atoms with Gasteiger partial charge in [-0.3, -0.25) is 9.59 Å². The van der Waals surface area contributed by atoms with Crippen LogP contribution < -0.4 is 10.2 Å². The number of methoxy groups -OCH3 is 1. The van der Waals surface area contributed by atoms with E-state index in [1.165, 1.54) is 16.0 Å². The summed E-state index contributed by atoms with van der Waals surface area (Å²) in [5, 5.41) is 3.64. The van der Waals surface area contributed by atoms with Crippen LogP contribution in [0, 0.1) is 5.41 Å². The lowest BCUT2D eigenvalue weighted by atomic mass is 9.56. The Hall–Kier alpha value is -1.83. The number of aromatic amines is 1. The number of quaternary nitrogens is 1. The first kappa shape index (κ1) is 14.3. The van der Waals surface area contributed by atoms with Crippen LogP contribution in [-0.2, 0) is 16.0 Å². The second-order valence-corrected chi connectivity index (χ2v) is 9.44. The predicted octanol–water partition coefficient (Wildman–Crippen LogP) is -0.136. The van der Waals surface area contributed by atoms with Gasteiger partial charge in [0.15, 0.2) is 6.04 Å². The SMILES string of the molecule is COC1C2C(=O)C=C3SC4CC31C1=C(N4)C(=O)c3[nH]cc4c3C1[NH+]2CC4. The van der Waals surface area contributed by atoms with E-state index in [1.54, 1.807) is 18.9 Å². The van der Waals surface area contributed by atoms with Crippen LogP contribution in [0.25, 0.3) is 0 Å². The Morgan fingerprint density at radius 3 is 3.12 bits per heavy atom. The fraction of sp³-hybridized carbons (Fsp3) is 0.474. The molecule has 6 nitrogen and oxygen atoms in total. The molecule has 2 fully saturated rings. The highest BCUT2D eigenvalue weighted by atomic mass is 32.2. The molecule has 1 spiro atoms. The summed E-state index contributed by atoms with van der Waals surface area (Å²) in [4.78, 5) is 32.0. The number of aromatic nitrogens is 1. The number of thioether (sulfide) groups is 1. The molecule has 7 rings (SSSR count). The van der Waals surface area contributed by atoms with Gasteiger partial charge in [0, 0.05) is 35.8 Å². The van der Waals surface area contributed by atoms with Gasteiger partial charge in [-0.2, -0.15) is 0 Å². The minimum Gasteiger partial charge on any atom is -0.373 e. The van der Waals surface area contributed by atoms with E-state index in [0.717, 1.165) is 41.2 Å². The smallest absolute Gasteiger partial charge is 0.225 e. The number of carbonyl (C=O) groups excluding carboxylic acids is 2. The van der Waals surface area contributed by atoms with Gasteiger partial charge in [0.2, 0.25) is 11.6 Å². The van der Waals surface area contributed by atoms with Crippen molar-refractivity contribution in [3.63, 3.8) is 0 Å². The molecular formula is C19H18N3O3S+. The van der Waals surface area contributed by atoms with Crippen molar-refractivity contribution in [1.82, 2.24) is 10.3 Å². The molecule has 4 aliphatic heterocycles. The molecule has 0 amide bonds. The van der Waals surface area contributed by atoms with Crippen molar-refractivity contribution in [3.8, 4) is 0 Å². The number of nitrogens with one attached hydrogen (secondary N) is 3. The molecule has 3 N–H and O–H groups in total. The second kappa shape index (κ2) is 4.18. The van der Waals surface area contributed by atoms with Crippen LogP contribution in [-0.4, -0.2) is 47.7 Å². The van der Waals surface area contributed by atoms with Gasteiger partial charge in [-0.25, -0.2) is 0 Å². The second-order valence-electron chi connectivity index (χ2n) is 8.20. The average Bonchev–Trinajstić information content (AvgIpc) is 3.18. The zero-order chi connectivity index (χ0) is 17.4. The number of hydrogen-bond donors (Lipinski definition) is 3. The van der Waals surface area contributed by atoms with E-state index < -0.39 is 0 Å². The number of Topliss-reactive ketones (excluding diaryl/α,β-unsaturated/α-hetero) is 1. The molecule has 3 bridgehead atoms. The molecular weight excluding hydrogens is 350 g/mol. The zero-order valence-corrected chi connectivity index (χ0v) is 15.0. The Kier molecular flexibility index (Phi) is 2.29. The van der Waals surface area contributed by atoms with Gasteiger partial charge in [-0.1, -0.05) is 0 Å². The molecule has 6 aliphatic rings. The third-order valence-corrected chi connectivity index (χ3v) is 8.69. The number of carbonyl (C=O) groups is 2. The third kappa shape index (κ3) is 1.25. The summed E-state index contributed by atoms with van der Waals surface area (Å²) in [5.74, 6) is 0.264. The van der Waals surface area contributed by atoms with Crippen LogP contribution in [0.4, 0.5) is 0 Å². The summed E-state index contributed by atoms with van der Waals surface area (Å²) in [7, 11) is 1.73. The number of ether oxygens (including phenoxy) is 1. The third-order valence-electron chi connectivity index (χ3n) is 7.38. The molecule has 6 unspecified atom stereocenters. The monoisotopic (exact) mass is 368 g/mol. The van der Waals surface area contributed by atoms with Crippen molar-refractivity contribution >= 4 is 23.3 Å². The topological polar surface area (TPSA) is 75.6 Å². The predicted molar refractivity (Wildman–Crippen MR) is 93.7 cm³/mol. The molecule has 5 heterocycles. The van der Waals surface area contributed by atoms with Gasteiger partial charge in [-0.15, -0.1) is 11.8 Å². The lowest BCUT2D eigenvalue weighted by molar-refractivity contribution is -0.953. The highest BCUT2D eigenvalue weighted by molar-refractivity contribution is 8.04. The number of ketones is 2. The molecule has 0 radical (unpaired) electrons. The molecule has 7 heteroatoms. The highest BCUT2D eigenvalue weighted by Crippen LogP contribution is 2.66. The van der Waals surface area contributed by atoms with Gasteiger partial charge >= 0.3 is 0 Å². The number of piperidine rings is 1. The molecule has 2 aliphatic carbocycles. The normalized spacial score (nSPS) is 43.4. The minimum atomic E-state index is -0.309. The molecule has 2 saturated heterocycles. The summed E-state index contributed by atoms with van der Waals surface area (Å²) in [6.07, 6.45) is 5.47. The number of H-pyrrole nitrogens is 1. The molecule has 1 aromatic heterocycles. The van der Waals surface area contributed by atoms with Crippen LogP contribution in [0.5, 0.6) is 0 Å². The van der Waals surface area contributed by atoms with Gasteiger partial charge in [-0.05, 0) is 18.1 Å². The van der Waals surface area contributed by atoms with E-state index >= 15 is 0 Å². The first-order chi connectivity index (χ1) is 12.6. The van der Waals surface area contributed by atoms with Crippen molar-refractivity contribution in [2.75, 3.05) is 13.7 Å². The van der Waals surface area contributed by atoms with E-state index in [9.17, 15) is 9.59 Å². The van der Waals surface area contributed by atoms with E-state index in [-0.39, 0.29) is 40.5 Å². The highest BCUT2D eigenvalue weighted by Gasteiger charge is 2.71. The van der Waals surface area contributed by atoms with Crippen molar-refractivity contribution < 1.29 is 19.2 Å². The molecule has 0 aromatic carbocycles. The molecule has 132 valence electrons. The first-order valence-electron chi connectivity index (χ1n) is 9.22. The van der Waals surface area contributed by atoms with E-state index in [1.807, 2.05) is 12.3 Å². The number of fused-ring (bicyclic) bond motifs is 3. The minimum absolute atomic E-state index is 0.0786.